The third-order valence-electron chi connectivity index (χ3n) is 5.11. The first-order valence-corrected chi connectivity index (χ1v) is 9.50. The molecule has 0 unspecified atom stereocenters. The van der Waals surface area contributed by atoms with E-state index in [1.165, 1.54) is 12.1 Å². The van der Waals surface area contributed by atoms with Crippen molar-refractivity contribution in [2.45, 2.75) is 38.0 Å². The zero-order valence-electron chi connectivity index (χ0n) is 16.2. The molecule has 2 aliphatic rings. The smallest absolute Gasteiger partial charge is 0.416 e. The normalized spacial score (nSPS) is 19.0. The molecule has 0 amide bonds. The van der Waals surface area contributed by atoms with Crippen molar-refractivity contribution in [2.75, 3.05) is 0 Å². The molecule has 0 fully saturated rings. The van der Waals surface area contributed by atoms with Gasteiger partial charge in [-0.3, -0.25) is 4.79 Å². The van der Waals surface area contributed by atoms with Crippen molar-refractivity contribution in [1.29, 1.82) is 5.26 Å². The van der Waals surface area contributed by atoms with Crippen LogP contribution in [-0.2, 0) is 22.3 Å². The third-order valence-corrected chi connectivity index (χ3v) is 5.11. The number of nitriles is 1. The number of carbonyl (C=O) groups excluding carboxylic acids is 1. The summed E-state index contributed by atoms with van der Waals surface area (Å²) < 4.78 is 55.3. The van der Waals surface area contributed by atoms with Gasteiger partial charge in [-0.2, -0.15) is 18.4 Å². The maximum absolute atomic E-state index is 12.9. The molecular weight excluding hydrogens is 413 g/mol. The van der Waals surface area contributed by atoms with Gasteiger partial charge < -0.3 is 19.6 Å². The number of Topliss-reactive ketones (excluding diaryl/α,β-unsaturated/α-hetero) is 1. The molecule has 9 heteroatoms. The Morgan fingerprint density at radius 3 is 2.77 bits per heavy atom. The Labute approximate surface area is 175 Å². The number of ether oxygens (including phenoxy) is 2. The summed E-state index contributed by atoms with van der Waals surface area (Å²) in [7, 11) is 0. The number of nitrogens with two attached hydrogens (primary N) is 1. The number of benzene rings is 1. The summed E-state index contributed by atoms with van der Waals surface area (Å²) in [6.45, 7) is -0.133. The van der Waals surface area contributed by atoms with Crippen LogP contribution in [-0.4, -0.2) is 5.78 Å². The van der Waals surface area contributed by atoms with E-state index in [-0.39, 0.29) is 29.6 Å². The average Bonchev–Trinajstić information content (AvgIpc) is 3.20. The SMILES string of the molecule is N#CC1=C(N)OC2=C(C(=O)CCC2)[C@H]1c1ccc(COc2cccc(C(F)(F)F)c2)o1. The van der Waals surface area contributed by atoms with Gasteiger partial charge in [-0.05, 0) is 36.8 Å². The number of carbonyl (C=O) groups is 1. The van der Waals surface area contributed by atoms with Gasteiger partial charge in [-0.1, -0.05) is 6.07 Å². The van der Waals surface area contributed by atoms with E-state index in [1.807, 2.05) is 6.07 Å². The molecule has 4 rings (SSSR count). The Bertz CT molecular complexity index is 1140. The molecule has 1 atom stereocenters. The zero-order chi connectivity index (χ0) is 22.2. The van der Waals surface area contributed by atoms with Gasteiger partial charge >= 0.3 is 6.18 Å². The molecule has 0 saturated heterocycles. The quantitative estimate of drug-likeness (QED) is 0.756. The number of furan rings is 1. The fourth-order valence-corrected chi connectivity index (χ4v) is 3.68. The largest absolute Gasteiger partial charge is 0.486 e. The van der Waals surface area contributed by atoms with Crippen molar-refractivity contribution >= 4 is 5.78 Å². The second-order valence-corrected chi connectivity index (χ2v) is 7.16. The molecule has 2 heterocycles. The second-order valence-electron chi connectivity index (χ2n) is 7.16. The van der Waals surface area contributed by atoms with Gasteiger partial charge in [0.25, 0.3) is 0 Å². The molecule has 6 nitrogen and oxygen atoms in total. The van der Waals surface area contributed by atoms with Crippen LogP contribution in [0.3, 0.4) is 0 Å². The minimum atomic E-state index is -4.47. The third kappa shape index (κ3) is 4.01. The van der Waals surface area contributed by atoms with Gasteiger partial charge in [0.1, 0.15) is 41.3 Å². The Morgan fingerprint density at radius 1 is 1.23 bits per heavy atom. The topological polar surface area (TPSA) is 98.5 Å². The summed E-state index contributed by atoms with van der Waals surface area (Å²) in [6.07, 6.45) is -2.97. The number of rotatable bonds is 4. The lowest BCUT2D eigenvalue weighted by Gasteiger charge is -2.29. The maximum Gasteiger partial charge on any atom is 0.416 e. The Hall–Kier alpha value is -3.67. The molecule has 31 heavy (non-hydrogen) atoms. The predicted octanol–water partition coefficient (Wildman–Crippen LogP) is 4.69. The molecule has 1 aromatic heterocycles. The number of hydrogen-bond acceptors (Lipinski definition) is 6. The predicted molar refractivity (Wildman–Crippen MR) is 101 cm³/mol. The summed E-state index contributed by atoms with van der Waals surface area (Å²) in [5.74, 6) is 0.116. The Morgan fingerprint density at radius 2 is 2.03 bits per heavy atom. The lowest BCUT2D eigenvalue weighted by molar-refractivity contribution is -0.137. The standard InChI is InChI=1S/C22H17F3N2O4/c23-22(24,25)12-3-1-4-13(9-12)29-11-14-7-8-18(30-14)19-15(10-26)21(27)31-17-6-2-5-16(28)20(17)19/h1,3-4,7-9,19H,2,5-6,11,27H2/t19-/m1/s1. The molecule has 1 aromatic carbocycles. The van der Waals surface area contributed by atoms with Crippen LogP contribution in [0.2, 0.25) is 0 Å². The molecular formula is C22H17F3N2O4. The second kappa shape index (κ2) is 7.87. The van der Waals surface area contributed by atoms with Gasteiger partial charge in [0.15, 0.2) is 5.78 Å². The number of ketones is 1. The van der Waals surface area contributed by atoms with Gasteiger partial charge in [-0.25, -0.2) is 0 Å². The van der Waals surface area contributed by atoms with E-state index in [2.05, 4.69) is 0 Å². The van der Waals surface area contributed by atoms with E-state index in [0.717, 1.165) is 12.1 Å². The highest BCUT2D eigenvalue weighted by molar-refractivity contribution is 5.99. The maximum atomic E-state index is 12.9. The summed E-state index contributed by atoms with van der Waals surface area (Å²) in [5, 5.41) is 9.56. The first-order chi connectivity index (χ1) is 14.8. The number of halogens is 3. The highest BCUT2D eigenvalue weighted by atomic mass is 19.4. The average molecular weight is 430 g/mol. The van der Waals surface area contributed by atoms with Gasteiger partial charge in [0.05, 0.1) is 11.5 Å². The Kier molecular flexibility index (Phi) is 5.23. The first-order valence-electron chi connectivity index (χ1n) is 9.50. The van der Waals surface area contributed by atoms with Crippen LogP contribution in [0, 0.1) is 11.3 Å². The molecule has 1 aliphatic heterocycles. The number of alkyl halides is 3. The summed E-state index contributed by atoms with van der Waals surface area (Å²) in [6, 6.07) is 9.68. The van der Waals surface area contributed by atoms with Crippen LogP contribution in [0.25, 0.3) is 0 Å². The van der Waals surface area contributed by atoms with Crippen molar-refractivity contribution in [3.8, 4) is 11.8 Å². The van der Waals surface area contributed by atoms with Gasteiger partial charge in [0.2, 0.25) is 5.88 Å². The monoisotopic (exact) mass is 430 g/mol. The van der Waals surface area contributed by atoms with E-state index in [0.29, 0.717) is 42.1 Å². The van der Waals surface area contributed by atoms with Crippen LogP contribution in [0.4, 0.5) is 13.2 Å². The van der Waals surface area contributed by atoms with Crippen molar-refractivity contribution in [3.63, 3.8) is 0 Å². The minimum absolute atomic E-state index is 0.0353. The van der Waals surface area contributed by atoms with Crippen LogP contribution in [0.15, 0.2) is 63.6 Å². The summed E-state index contributed by atoms with van der Waals surface area (Å²) in [4.78, 5) is 12.5. The lowest BCUT2D eigenvalue weighted by atomic mass is 9.80. The van der Waals surface area contributed by atoms with Crippen LogP contribution >= 0.6 is 0 Å². The van der Waals surface area contributed by atoms with E-state index in [4.69, 9.17) is 19.6 Å². The molecule has 2 aromatic rings. The molecule has 0 spiro atoms. The molecule has 0 saturated carbocycles. The number of nitrogens with zero attached hydrogens (tertiary/aromatic N) is 1. The fraction of sp³-hybridized carbons (Fsp3) is 0.273. The van der Waals surface area contributed by atoms with Crippen molar-refractivity contribution in [2.24, 2.45) is 5.73 Å². The van der Waals surface area contributed by atoms with Crippen LogP contribution in [0.1, 0.15) is 42.3 Å². The van der Waals surface area contributed by atoms with E-state index >= 15 is 0 Å². The van der Waals surface area contributed by atoms with E-state index < -0.39 is 17.7 Å². The number of hydrogen-bond donors (Lipinski definition) is 1. The van der Waals surface area contributed by atoms with E-state index in [1.54, 1.807) is 12.1 Å². The van der Waals surface area contributed by atoms with Crippen molar-refractivity contribution < 1.29 is 31.9 Å². The van der Waals surface area contributed by atoms with Crippen LogP contribution in [0.5, 0.6) is 5.75 Å². The van der Waals surface area contributed by atoms with Crippen molar-refractivity contribution in [3.05, 3.63) is 76.3 Å². The van der Waals surface area contributed by atoms with Gasteiger partial charge in [0, 0.05) is 18.4 Å². The highest BCUT2D eigenvalue weighted by Crippen LogP contribution is 2.43. The highest BCUT2D eigenvalue weighted by Gasteiger charge is 2.39. The summed E-state index contributed by atoms with van der Waals surface area (Å²) in [5.41, 5.74) is 5.51. The molecule has 1 aliphatic carbocycles. The zero-order valence-corrected chi connectivity index (χ0v) is 16.2. The first kappa shape index (κ1) is 20.6. The van der Waals surface area contributed by atoms with Crippen LogP contribution < -0.4 is 10.5 Å². The van der Waals surface area contributed by atoms with Crippen molar-refractivity contribution in [1.82, 2.24) is 0 Å². The molecule has 2 N–H and O–H groups in total. The summed E-state index contributed by atoms with van der Waals surface area (Å²) >= 11 is 0. The molecule has 160 valence electrons. The van der Waals surface area contributed by atoms with E-state index in [9.17, 15) is 23.2 Å². The fourth-order valence-electron chi connectivity index (χ4n) is 3.68. The number of allylic oxidation sites excluding steroid dienone is 3. The lowest BCUT2D eigenvalue weighted by Crippen LogP contribution is -2.27. The minimum Gasteiger partial charge on any atom is -0.486 e. The molecule has 0 bridgehead atoms. The Balaban J connectivity index is 1.58. The molecule has 0 radical (unpaired) electrons. The van der Waals surface area contributed by atoms with Gasteiger partial charge in [-0.15, -0.1) is 0 Å².